The van der Waals surface area contributed by atoms with Gasteiger partial charge in [-0.05, 0) is 83.5 Å². The third kappa shape index (κ3) is 31.9. The van der Waals surface area contributed by atoms with E-state index in [9.17, 15) is 14.2 Å². The average Bonchev–Trinajstić information content (AvgIpc) is 3.85. The first-order valence-electron chi connectivity index (χ1n) is 19.4. The Kier molecular flexibility index (Phi) is 29.3. The lowest BCUT2D eigenvalue weighted by Crippen LogP contribution is -2.29. The van der Waals surface area contributed by atoms with E-state index in [2.05, 4.69) is 91.3 Å². The predicted octanol–water partition coefficient (Wildman–Crippen LogP) is 10.5. The van der Waals surface area contributed by atoms with Gasteiger partial charge in [0, 0.05) is 12.8 Å². The zero-order valence-electron chi connectivity index (χ0n) is 31.4. The highest BCUT2D eigenvalue weighted by Gasteiger charge is 2.36. The van der Waals surface area contributed by atoms with E-state index in [0.717, 1.165) is 83.5 Å². The first-order valence-corrected chi connectivity index (χ1v) is 20.9. The quantitative estimate of drug-likeness (QED) is 0.0222. The van der Waals surface area contributed by atoms with Crippen molar-refractivity contribution in [2.45, 2.75) is 161 Å². The number of carbonyl (C=O) groups excluding carboxylic acids is 2. The van der Waals surface area contributed by atoms with Crippen molar-refractivity contribution in [1.29, 1.82) is 0 Å². The van der Waals surface area contributed by atoms with Crippen LogP contribution in [0, 0.1) is 0 Å². The molecule has 0 aromatic carbocycles. The molecule has 0 bridgehead atoms. The first-order chi connectivity index (χ1) is 24.7. The summed E-state index contributed by atoms with van der Waals surface area (Å²) >= 11 is 0. The van der Waals surface area contributed by atoms with Crippen molar-refractivity contribution >= 4 is 19.8 Å². The minimum absolute atomic E-state index is 0.133. The number of phosphoric acid groups is 1. The van der Waals surface area contributed by atoms with Gasteiger partial charge in [-0.3, -0.25) is 14.1 Å². The maximum absolute atomic E-state index is 12.4. The summed E-state index contributed by atoms with van der Waals surface area (Å²) in [6.45, 7) is 3.44. The Labute approximate surface area is 308 Å². The van der Waals surface area contributed by atoms with Crippen molar-refractivity contribution in [3.8, 4) is 0 Å². The van der Waals surface area contributed by atoms with Crippen LogP contribution in [-0.2, 0) is 32.9 Å². The molecule has 1 rings (SSSR count). The number of esters is 2. The van der Waals surface area contributed by atoms with E-state index in [1.807, 2.05) is 0 Å². The van der Waals surface area contributed by atoms with Gasteiger partial charge in [0.1, 0.15) is 6.61 Å². The number of hydrogen-bond acceptors (Lipinski definition) is 7. The second-order valence-electron chi connectivity index (χ2n) is 12.9. The second-order valence-corrected chi connectivity index (χ2v) is 14.1. The highest BCUT2D eigenvalue weighted by Crippen LogP contribution is 2.36. The van der Waals surface area contributed by atoms with Crippen molar-refractivity contribution in [3.63, 3.8) is 0 Å². The molecule has 0 aromatic heterocycles. The van der Waals surface area contributed by atoms with Crippen molar-refractivity contribution in [3.05, 3.63) is 72.9 Å². The highest BCUT2D eigenvalue weighted by atomic mass is 31.2. The minimum atomic E-state index is -4.78. The monoisotopic (exact) mass is 734 g/mol. The standard InChI is InChI=1S/C41H67O9P/c1-3-5-7-9-11-13-15-17-18-19-21-23-25-27-29-33-41(43)49-37(36-48-51(44,45)46)35-47-40(42)34-30-32-39-38(50-39)31-28-26-24-22-20-16-14-12-10-8-6-4-2/h5,7,11-14,17-18,20,22,26,28,37-39H,3-4,6,8-10,15-16,19,21,23-25,27,29-36H2,1-2H3,(H2,44,45,46)/b7-5-,13-11-,14-12-,18-17-,22-20-,28-26-/t37-,38?,39?/m1/s1. The van der Waals surface area contributed by atoms with Crippen molar-refractivity contribution in [2.24, 2.45) is 0 Å². The third-order valence-electron chi connectivity index (χ3n) is 8.13. The Morgan fingerprint density at radius 3 is 1.82 bits per heavy atom. The Bertz CT molecular complexity index is 1120. The summed E-state index contributed by atoms with van der Waals surface area (Å²) in [6, 6.07) is 0. The van der Waals surface area contributed by atoms with E-state index in [0.29, 0.717) is 12.8 Å². The summed E-state index contributed by atoms with van der Waals surface area (Å²) in [5.74, 6) is -0.989. The molecule has 0 saturated carbocycles. The molecule has 0 radical (unpaired) electrons. The van der Waals surface area contributed by atoms with Crippen LogP contribution < -0.4 is 0 Å². The molecule has 0 amide bonds. The molecular formula is C41H67O9P. The minimum Gasteiger partial charge on any atom is -0.462 e. The van der Waals surface area contributed by atoms with Gasteiger partial charge in [-0.1, -0.05) is 119 Å². The van der Waals surface area contributed by atoms with Gasteiger partial charge in [-0.15, -0.1) is 0 Å². The van der Waals surface area contributed by atoms with Crippen LogP contribution in [0.25, 0.3) is 0 Å². The molecule has 0 aromatic rings. The molecule has 2 N–H and O–H groups in total. The molecule has 1 heterocycles. The second kappa shape index (κ2) is 32.1. The van der Waals surface area contributed by atoms with Crippen LogP contribution in [0.1, 0.15) is 142 Å². The number of rotatable bonds is 33. The molecule has 1 aliphatic rings. The normalized spacial score (nSPS) is 17.3. The fourth-order valence-electron chi connectivity index (χ4n) is 5.18. The number of allylic oxidation sites excluding steroid dienone is 11. The SMILES string of the molecule is CC/C=C\C/C=C\C/C=C\CCCCCCCC(=O)O[C@H](COC(=O)CCCC1OC1C/C=C\C/C=C\C/C=C\CCCCC)COP(=O)(O)O. The topological polar surface area (TPSA) is 132 Å². The van der Waals surface area contributed by atoms with Crippen LogP contribution in [-0.4, -0.2) is 53.3 Å². The summed E-state index contributed by atoms with van der Waals surface area (Å²) in [4.78, 5) is 42.9. The van der Waals surface area contributed by atoms with E-state index in [1.54, 1.807) is 0 Å². The van der Waals surface area contributed by atoms with Crippen LogP contribution in [0.4, 0.5) is 0 Å². The van der Waals surface area contributed by atoms with Crippen LogP contribution in [0.2, 0.25) is 0 Å². The molecule has 290 valence electrons. The molecule has 1 saturated heterocycles. The molecule has 0 aliphatic carbocycles. The fraction of sp³-hybridized carbons (Fsp3) is 0.659. The van der Waals surface area contributed by atoms with Crippen molar-refractivity contribution in [2.75, 3.05) is 13.2 Å². The van der Waals surface area contributed by atoms with Crippen molar-refractivity contribution in [1.82, 2.24) is 0 Å². The van der Waals surface area contributed by atoms with Crippen LogP contribution in [0.5, 0.6) is 0 Å². The summed E-state index contributed by atoms with van der Waals surface area (Å²) in [6.07, 6.45) is 43.6. The molecule has 0 spiro atoms. The Morgan fingerprint density at radius 2 is 1.20 bits per heavy atom. The number of unbranched alkanes of at least 4 members (excludes halogenated alkanes) is 8. The first kappa shape index (κ1) is 46.5. The van der Waals surface area contributed by atoms with Crippen LogP contribution in [0.15, 0.2) is 72.9 Å². The van der Waals surface area contributed by atoms with Gasteiger partial charge < -0.3 is 24.0 Å². The number of phosphoric ester groups is 1. The van der Waals surface area contributed by atoms with E-state index in [1.165, 1.54) is 19.3 Å². The predicted molar refractivity (Wildman–Crippen MR) is 206 cm³/mol. The lowest BCUT2D eigenvalue weighted by atomic mass is 10.1. The molecule has 9 nitrogen and oxygen atoms in total. The summed E-state index contributed by atoms with van der Waals surface area (Å²) < 4.78 is 32.0. The maximum atomic E-state index is 12.4. The highest BCUT2D eigenvalue weighted by molar-refractivity contribution is 7.46. The van der Waals surface area contributed by atoms with Gasteiger partial charge in [0.2, 0.25) is 0 Å². The van der Waals surface area contributed by atoms with Crippen LogP contribution >= 0.6 is 7.82 Å². The Hall–Kier alpha value is -2.55. The van der Waals surface area contributed by atoms with Crippen LogP contribution in [0.3, 0.4) is 0 Å². The number of ether oxygens (including phenoxy) is 3. The zero-order valence-corrected chi connectivity index (χ0v) is 32.3. The lowest BCUT2D eigenvalue weighted by molar-refractivity contribution is -0.161. The maximum Gasteiger partial charge on any atom is 0.469 e. The number of hydrogen-bond donors (Lipinski definition) is 2. The van der Waals surface area contributed by atoms with E-state index >= 15 is 0 Å². The molecular weight excluding hydrogens is 667 g/mol. The van der Waals surface area contributed by atoms with Gasteiger partial charge in [-0.2, -0.15) is 0 Å². The fourth-order valence-corrected chi connectivity index (χ4v) is 5.54. The zero-order chi connectivity index (χ0) is 37.3. The molecule has 10 heteroatoms. The third-order valence-corrected chi connectivity index (χ3v) is 8.62. The van der Waals surface area contributed by atoms with Gasteiger partial charge in [0.25, 0.3) is 0 Å². The summed E-state index contributed by atoms with van der Waals surface area (Å²) in [5.41, 5.74) is 0. The number of epoxide rings is 1. The average molecular weight is 735 g/mol. The molecule has 51 heavy (non-hydrogen) atoms. The smallest absolute Gasteiger partial charge is 0.462 e. The van der Waals surface area contributed by atoms with Gasteiger partial charge in [-0.25, -0.2) is 4.57 Å². The molecule has 2 unspecified atom stereocenters. The van der Waals surface area contributed by atoms with E-state index in [-0.39, 0.29) is 31.7 Å². The van der Waals surface area contributed by atoms with E-state index in [4.69, 9.17) is 24.0 Å². The number of carbonyl (C=O) groups is 2. The van der Waals surface area contributed by atoms with Gasteiger partial charge in [0.15, 0.2) is 6.10 Å². The lowest BCUT2D eigenvalue weighted by Gasteiger charge is -2.18. The van der Waals surface area contributed by atoms with Gasteiger partial charge >= 0.3 is 19.8 Å². The van der Waals surface area contributed by atoms with E-state index < -0.39 is 32.5 Å². The van der Waals surface area contributed by atoms with Crippen molar-refractivity contribution < 1.29 is 42.7 Å². The summed E-state index contributed by atoms with van der Waals surface area (Å²) in [5, 5.41) is 0. The Balaban J connectivity index is 2.17. The molecule has 3 atom stereocenters. The molecule has 1 fully saturated rings. The molecule has 1 aliphatic heterocycles. The largest absolute Gasteiger partial charge is 0.469 e. The van der Waals surface area contributed by atoms with Gasteiger partial charge in [0.05, 0.1) is 18.8 Å². The Morgan fingerprint density at radius 1 is 0.647 bits per heavy atom. The summed E-state index contributed by atoms with van der Waals surface area (Å²) in [7, 11) is -4.78.